The minimum Gasteiger partial charge on any atom is -0.339 e. The molecule has 2 aliphatic carbocycles. The van der Waals surface area contributed by atoms with Gasteiger partial charge in [0, 0.05) is 36.7 Å². The molecule has 25 heavy (non-hydrogen) atoms. The van der Waals surface area contributed by atoms with Gasteiger partial charge in [0.1, 0.15) is 5.78 Å². The van der Waals surface area contributed by atoms with Crippen molar-refractivity contribution in [3.8, 4) is 17.1 Å². The van der Waals surface area contributed by atoms with Crippen molar-refractivity contribution in [1.29, 1.82) is 0 Å². The summed E-state index contributed by atoms with van der Waals surface area (Å²) in [7, 11) is 0. The van der Waals surface area contributed by atoms with Gasteiger partial charge in [-0.2, -0.15) is 4.98 Å². The molecular formula is C19H18N4O2. The fourth-order valence-electron chi connectivity index (χ4n) is 4.18. The quantitative estimate of drug-likeness (QED) is 0.733. The number of aryl methyl sites for hydroxylation is 1. The number of imidazole rings is 1. The third-order valence-electron chi connectivity index (χ3n) is 5.54. The van der Waals surface area contributed by atoms with Crippen LogP contribution in [-0.4, -0.2) is 25.5 Å². The molecule has 0 saturated heterocycles. The van der Waals surface area contributed by atoms with Crippen molar-refractivity contribution in [2.24, 2.45) is 5.41 Å². The highest BCUT2D eigenvalue weighted by molar-refractivity contribution is 5.86. The molecule has 2 saturated carbocycles. The lowest BCUT2D eigenvalue weighted by Crippen LogP contribution is -2.46. The molecule has 0 bridgehead atoms. The molecule has 2 aliphatic rings. The number of rotatable bonds is 3. The van der Waals surface area contributed by atoms with Gasteiger partial charge in [0.15, 0.2) is 0 Å². The minimum atomic E-state index is 0.245. The second-order valence-corrected chi connectivity index (χ2v) is 7.42. The predicted molar refractivity (Wildman–Crippen MR) is 90.2 cm³/mol. The van der Waals surface area contributed by atoms with Crippen LogP contribution in [0.1, 0.15) is 43.1 Å². The van der Waals surface area contributed by atoms with Crippen LogP contribution in [0.25, 0.3) is 17.1 Å². The molecule has 0 N–H and O–H groups in total. The summed E-state index contributed by atoms with van der Waals surface area (Å²) >= 11 is 0. The number of hydrogen-bond donors (Lipinski definition) is 0. The summed E-state index contributed by atoms with van der Waals surface area (Å²) in [6.07, 6.45) is 8.91. The highest BCUT2D eigenvalue weighted by atomic mass is 16.5. The largest absolute Gasteiger partial charge is 0.339 e. The highest BCUT2D eigenvalue weighted by Gasteiger charge is 2.54. The fourth-order valence-corrected chi connectivity index (χ4v) is 4.18. The van der Waals surface area contributed by atoms with E-state index in [0.717, 1.165) is 42.5 Å². The van der Waals surface area contributed by atoms with E-state index in [1.54, 1.807) is 12.5 Å². The van der Waals surface area contributed by atoms with Crippen molar-refractivity contribution < 1.29 is 9.32 Å². The molecule has 6 nitrogen and oxygen atoms in total. The molecule has 0 radical (unpaired) electrons. The number of carbonyl (C=O) groups is 1. The summed E-state index contributed by atoms with van der Waals surface area (Å²) < 4.78 is 7.48. The summed E-state index contributed by atoms with van der Waals surface area (Å²) in [5.41, 5.74) is 3.38. The predicted octanol–water partition coefficient (Wildman–Crippen LogP) is 3.46. The first-order valence-corrected chi connectivity index (χ1v) is 8.57. The van der Waals surface area contributed by atoms with Gasteiger partial charge >= 0.3 is 0 Å². The first kappa shape index (κ1) is 14.6. The number of ketones is 1. The Labute approximate surface area is 144 Å². The molecule has 3 aromatic rings. The number of Topliss-reactive ketones (excluding diaryl/α,β-unsaturated/α-hetero) is 1. The zero-order valence-electron chi connectivity index (χ0n) is 14.0. The van der Waals surface area contributed by atoms with Crippen molar-refractivity contribution >= 4 is 5.78 Å². The van der Waals surface area contributed by atoms with Crippen LogP contribution in [0, 0.1) is 12.3 Å². The molecule has 1 aromatic carbocycles. The minimum absolute atomic E-state index is 0.245. The fraction of sp³-hybridized carbons (Fsp3) is 0.368. The van der Waals surface area contributed by atoms with Gasteiger partial charge in [0.25, 0.3) is 0 Å². The van der Waals surface area contributed by atoms with Crippen LogP contribution in [0.2, 0.25) is 0 Å². The molecule has 2 fully saturated rings. The van der Waals surface area contributed by atoms with Gasteiger partial charge in [0.2, 0.25) is 11.7 Å². The number of carbonyl (C=O) groups excluding carboxylic acids is 1. The van der Waals surface area contributed by atoms with Crippen molar-refractivity contribution in [3.63, 3.8) is 0 Å². The van der Waals surface area contributed by atoms with Gasteiger partial charge in [-0.1, -0.05) is 17.3 Å². The van der Waals surface area contributed by atoms with Gasteiger partial charge in [0.05, 0.1) is 12.0 Å². The molecular weight excluding hydrogens is 316 g/mol. The molecule has 0 amide bonds. The molecule has 5 rings (SSSR count). The zero-order chi connectivity index (χ0) is 17.0. The second-order valence-electron chi connectivity index (χ2n) is 7.42. The third-order valence-corrected chi connectivity index (χ3v) is 5.54. The van der Waals surface area contributed by atoms with Crippen LogP contribution >= 0.6 is 0 Å². The average molecular weight is 334 g/mol. The number of nitrogens with zero attached hydrogens (tertiary/aromatic N) is 4. The molecule has 0 unspecified atom stereocenters. The third kappa shape index (κ3) is 2.32. The van der Waals surface area contributed by atoms with E-state index >= 15 is 0 Å². The van der Waals surface area contributed by atoms with Crippen LogP contribution in [0.5, 0.6) is 0 Å². The van der Waals surface area contributed by atoms with Crippen molar-refractivity contribution in [2.45, 2.75) is 38.5 Å². The van der Waals surface area contributed by atoms with E-state index in [9.17, 15) is 4.79 Å². The smallest absolute Gasteiger partial charge is 0.230 e. The van der Waals surface area contributed by atoms with E-state index in [4.69, 9.17) is 4.52 Å². The molecule has 1 spiro atoms. The number of aromatic nitrogens is 4. The Balaban J connectivity index is 1.39. The van der Waals surface area contributed by atoms with Crippen LogP contribution in [0.3, 0.4) is 0 Å². The average Bonchev–Trinajstić information content (AvgIpc) is 3.21. The molecule has 6 heteroatoms. The summed E-state index contributed by atoms with van der Waals surface area (Å²) in [6, 6.07) is 6.12. The van der Waals surface area contributed by atoms with Gasteiger partial charge in [-0.25, -0.2) is 4.98 Å². The number of benzene rings is 1. The Morgan fingerprint density at radius 2 is 2.12 bits per heavy atom. The molecule has 126 valence electrons. The highest BCUT2D eigenvalue weighted by Crippen LogP contribution is 2.60. The Morgan fingerprint density at radius 3 is 2.84 bits per heavy atom. The summed E-state index contributed by atoms with van der Waals surface area (Å²) in [5, 5.41) is 4.17. The van der Waals surface area contributed by atoms with Gasteiger partial charge in [-0.3, -0.25) is 4.79 Å². The van der Waals surface area contributed by atoms with E-state index < -0.39 is 0 Å². The van der Waals surface area contributed by atoms with Crippen molar-refractivity contribution in [1.82, 2.24) is 19.7 Å². The zero-order valence-corrected chi connectivity index (χ0v) is 14.0. The van der Waals surface area contributed by atoms with E-state index in [0.29, 0.717) is 23.4 Å². The lowest BCUT2D eigenvalue weighted by molar-refractivity contribution is -0.139. The summed E-state index contributed by atoms with van der Waals surface area (Å²) in [4.78, 5) is 20.0. The maximum atomic E-state index is 11.2. The Hall–Kier alpha value is -2.76. The second kappa shape index (κ2) is 5.12. The topological polar surface area (TPSA) is 73.8 Å². The monoisotopic (exact) mass is 334 g/mol. The first-order valence-electron chi connectivity index (χ1n) is 8.57. The molecule has 0 aliphatic heterocycles. The lowest BCUT2D eigenvalue weighted by Gasteiger charge is -2.51. The normalized spacial score (nSPS) is 19.0. The van der Waals surface area contributed by atoms with Crippen molar-refractivity contribution in [3.05, 3.63) is 48.4 Å². The summed E-state index contributed by atoms with van der Waals surface area (Å²) in [5.74, 6) is 2.00. The first-order chi connectivity index (χ1) is 12.1. The van der Waals surface area contributed by atoms with E-state index in [1.807, 2.05) is 16.8 Å². The Morgan fingerprint density at radius 1 is 1.28 bits per heavy atom. The maximum absolute atomic E-state index is 11.2. The van der Waals surface area contributed by atoms with Crippen LogP contribution < -0.4 is 0 Å². The van der Waals surface area contributed by atoms with Crippen molar-refractivity contribution in [2.75, 3.05) is 0 Å². The van der Waals surface area contributed by atoms with Gasteiger partial charge < -0.3 is 9.09 Å². The van der Waals surface area contributed by atoms with Gasteiger partial charge in [-0.05, 0) is 36.8 Å². The van der Waals surface area contributed by atoms with Crippen LogP contribution in [-0.2, 0) is 4.79 Å². The Bertz CT molecular complexity index is 942. The van der Waals surface area contributed by atoms with E-state index in [2.05, 4.69) is 34.2 Å². The van der Waals surface area contributed by atoms with E-state index in [-0.39, 0.29) is 5.41 Å². The standard InChI is InChI=1S/C19H18N4O2/c1-12-2-3-13(6-16(12)23-5-4-20-11-23)17-21-18(25-22-17)14-7-19(8-14)9-15(24)10-19/h2-6,11,14H,7-10H2,1H3. The summed E-state index contributed by atoms with van der Waals surface area (Å²) in [6.45, 7) is 2.06. The molecule has 2 heterocycles. The number of hydrogen-bond acceptors (Lipinski definition) is 5. The molecule has 0 atom stereocenters. The maximum Gasteiger partial charge on any atom is 0.230 e. The van der Waals surface area contributed by atoms with Crippen LogP contribution in [0.15, 0.2) is 41.4 Å². The Kier molecular flexibility index (Phi) is 2.98. The lowest BCUT2D eigenvalue weighted by atomic mass is 9.51. The van der Waals surface area contributed by atoms with Crippen LogP contribution in [0.4, 0.5) is 0 Å². The van der Waals surface area contributed by atoms with Gasteiger partial charge in [-0.15, -0.1) is 0 Å². The van der Waals surface area contributed by atoms with E-state index in [1.165, 1.54) is 0 Å². The molecule has 2 aromatic heterocycles. The SMILES string of the molecule is Cc1ccc(-c2noc(C3CC4(CC(=O)C4)C3)n2)cc1-n1ccnc1.